The average molecular weight is 383 g/mol. The van der Waals surface area contributed by atoms with Crippen LogP contribution in [0.15, 0.2) is 4.42 Å². The van der Waals surface area contributed by atoms with Crippen LogP contribution in [0, 0.1) is 5.92 Å². The number of morpholine rings is 1. The lowest BCUT2D eigenvalue weighted by atomic mass is 9.81. The van der Waals surface area contributed by atoms with E-state index in [1.54, 1.807) is 0 Å². The first-order valence-corrected chi connectivity index (χ1v) is 9.96. The molecule has 1 aliphatic carbocycles. The van der Waals surface area contributed by atoms with Crippen molar-refractivity contribution >= 4 is 10.0 Å². The van der Waals surface area contributed by atoms with Crippen LogP contribution in [0.2, 0.25) is 0 Å². The highest BCUT2D eigenvalue weighted by atomic mass is 32.2. The van der Waals surface area contributed by atoms with Gasteiger partial charge >= 0.3 is 6.18 Å². The average Bonchev–Trinajstić information content (AvgIpc) is 3.04. The van der Waals surface area contributed by atoms with Crippen LogP contribution in [-0.2, 0) is 14.8 Å². The van der Waals surface area contributed by atoms with Crippen LogP contribution in [0.4, 0.5) is 13.2 Å². The lowest BCUT2D eigenvalue weighted by molar-refractivity contribution is -0.183. The summed E-state index contributed by atoms with van der Waals surface area (Å²) < 4.78 is 74.4. The van der Waals surface area contributed by atoms with E-state index in [0.29, 0.717) is 12.8 Å². The van der Waals surface area contributed by atoms with E-state index >= 15 is 0 Å². The van der Waals surface area contributed by atoms with Gasteiger partial charge in [0, 0.05) is 19.0 Å². The number of hydrogen-bond donors (Lipinski definition) is 0. The lowest BCUT2D eigenvalue weighted by Crippen LogP contribution is -2.41. The third-order valence-corrected chi connectivity index (χ3v) is 5.99. The minimum absolute atomic E-state index is 0.0519. The van der Waals surface area contributed by atoms with Gasteiger partial charge in [0.1, 0.15) is 6.10 Å². The largest absolute Gasteiger partial charge is 0.422 e. The molecule has 0 bridgehead atoms. The zero-order chi connectivity index (χ0) is 18.2. The zero-order valence-corrected chi connectivity index (χ0v) is 14.5. The molecule has 0 amide bonds. The molecule has 1 saturated heterocycles. The molecule has 25 heavy (non-hydrogen) atoms. The number of hydrogen-bond acceptors (Lipinski definition) is 6. The quantitative estimate of drug-likeness (QED) is 0.796. The molecule has 1 aromatic heterocycles. The van der Waals surface area contributed by atoms with Gasteiger partial charge in [-0.15, -0.1) is 10.2 Å². The van der Waals surface area contributed by atoms with Gasteiger partial charge in [0.15, 0.2) is 0 Å². The highest BCUT2D eigenvalue weighted by Crippen LogP contribution is 2.43. The standard InChI is InChI=1S/C14H20F3N3O4S/c1-25(21,22)20-5-6-23-11(8-20)13-19-18-12(24-13)9-3-2-4-10(7-9)14(15,16)17/h9-11H,2-8H2,1H3/t9-,10-,11+/m1/s1. The van der Waals surface area contributed by atoms with Crippen LogP contribution < -0.4 is 0 Å². The van der Waals surface area contributed by atoms with Gasteiger partial charge in [-0.3, -0.25) is 0 Å². The maximum absolute atomic E-state index is 12.9. The summed E-state index contributed by atoms with van der Waals surface area (Å²) in [5.41, 5.74) is 0. The van der Waals surface area contributed by atoms with Gasteiger partial charge in [0.2, 0.25) is 21.8 Å². The Morgan fingerprint density at radius 1 is 1.20 bits per heavy atom. The summed E-state index contributed by atoms with van der Waals surface area (Å²) in [5.74, 6) is -1.51. The number of alkyl halides is 3. The molecule has 142 valence electrons. The SMILES string of the molecule is CS(=O)(=O)N1CCO[C@H](c2nnc([C@@H]3CCC[C@@H](C(F)(F)F)C3)o2)C1. The van der Waals surface area contributed by atoms with Crippen molar-refractivity contribution in [1.82, 2.24) is 14.5 Å². The Morgan fingerprint density at radius 2 is 1.92 bits per heavy atom. The second kappa shape index (κ2) is 6.84. The lowest BCUT2D eigenvalue weighted by Gasteiger charge is -2.29. The molecule has 3 rings (SSSR count). The number of ether oxygens (including phenoxy) is 1. The predicted octanol–water partition coefficient (Wildman–Crippen LogP) is 2.24. The molecule has 0 unspecified atom stereocenters. The fraction of sp³-hybridized carbons (Fsp3) is 0.857. The number of rotatable bonds is 3. The van der Waals surface area contributed by atoms with Gasteiger partial charge in [-0.2, -0.15) is 17.5 Å². The third kappa shape index (κ3) is 4.32. The summed E-state index contributed by atoms with van der Waals surface area (Å²) in [6.45, 7) is 0.484. The van der Waals surface area contributed by atoms with Gasteiger partial charge in [-0.1, -0.05) is 6.42 Å². The Labute approximate surface area is 143 Å². The molecule has 0 radical (unpaired) electrons. The molecule has 0 spiro atoms. The molecule has 1 aliphatic heterocycles. The summed E-state index contributed by atoms with van der Waals surface area (Å²) >= 11 is 0. The van der Waals surface area contributed by atoms with E-state index in [-0.39, 0.29) is 44.3 Å². The maximum atomic E-state index is 12.9. The fourth-order valence-electron chi connectivity index (χ4n) is 3.33. The van der Waals surface area contributed by atoms with Gasteiger partial charge in [-0.25, -0.2) is 8.42 Å². The van der Waals surface area contributed by atoms with Crippen LogP contribution in [0.3, 0.4) is 0 Å². The molecule has 0 N–H and O–H groups in total. The molecular weight excluding hydrogens is 363 g/mol. The van der Waals surface area contributed by atoms with E-state index in [2.05, 4.69) is 10.2 Å². The molecule has 1 saturated carbocycles. The summed E-state index contributed by atoms with van der Waals surface area (Å²) in [6.07, 6.45) is -2.74. The molecule has 2 fully saturated rings. The maximum Gasteiger partial charge on any atom is 0.391 e. The van der Waals surface area contributed by atoms with E-state index in [1.807, 2.05) is 0 Å². The summed E-state index contributed by atoms with van der Waals surface area (Å²) in [5, 5.41) is 7.76. The van der Waals surface area contributed by atoms with E-state index in [1.165, 1.54) is 4.31 Å². The smallest absolute Gasteiger partial charge is 0.391 e. The Bertz CT molecular complexity index is 706. The van der Waals surface area contributed by atoms with Crippen molar-refractivity contribution in [3.63, 3.8) is 0 Å². The van der Waals surface area contributed by atoms with Gasteiger partial charge in [-0.05, 0) is 19.3 Å². The van der Waals surface area contributed by atoms with Crippen LogP contribution in [0.1, 0.15) is 49.5 Å². The van der Waals surface area contributed by atoms with E-state index in [9.17, 15) is 21.6 Å². The zero-order valence-electron chi connectivity index (χ0n) is 13.7. The number of halogens is 3. The normalized spacial score (nSPS) is 29.7. The van der Waals surface area contributed by atoms with Crippen molar-refractivity contribution in [3.05, 3.63) is 11.8 Å². The highest BCUT2D eigenvalue weighted by molar-refractivity contribution is 7.88. The minimum Gasteiger partial charge on any atom is -0.422 e. The second-order valence-electron chi connectivity index (χ2n) is 6.56. The number of nitrogens with zero attached hydrogens (tertiary/aromatic N) is 3. The third-order valence-electron chi connectivity index (χ3n) is 4.72. The molecule has 2 aliphatic rings. The highest BCUT2D eigenvalue weighted by Gasteiger charge is 2.43. The van der Waals surface area contributed by atoms with Crippen molar-refractivity contribution in [3.8, 4) is 0 Å². The summed E-state index contributed by atoms with van der Waals surface area (Å²) in [7, 11) is -3.37. The summed E-state index contributed by atoms with van der Waals surface area (Å²) in [4.78, 5) is 0. The molecule has 1 aromatic rings. The Morgan fingerprint density at radius 3 is 2.60 bits per heavy atom. The molecule has 7 nitrogen and oxygen atoms in total. The van der Waals surface area contributed by atoms with E-state index < -0.39 is 34.1 Å². The Balaban J connectivity index is 1.70. The van der Waals surface area contributed by atoms with Gasteiger partial charge in [0.05, 0.1) is 18.8 Å². The van der Waals surface area contributed by atoms with Crippen LogP contribution >= 0.6 is 0 Å². The molecule has 2 heterocycles. The number of aromatic nitrogens is 2. The fourth-order valence-corrected chi connectivity index (χ4v) is 4.14. The summed E-state index contributed by atoms with van der Waals surface area (Å²) in [6, 6.07) is 0. The van der Waals surface area contributed by atoms with Crippen LogP contribution in [-0.4, -0.2) is 55.0 Å². The molecule has 0 aromatic carbocycles. The first kappa shape index (κ1) is 18.6. The van der Waals surface area contributed by atoms with E-state index in [0.717, 1.165) is 6.26 Å². The van der Waals surface area contributed by atoms with Crippen molar-refractivity contribution in [1.29, 1.82) is 0 Å². The molecule has 11 heteroatoms. The number of sulfonamides is 1. The topological polar surface area (TPSA) is 85.5 Å². The first-order valence-electron chi connectivity index (χ1n) is 8.11. The van der Waals surface area contributed by atoms with Crippen LogP contribution in [0.25, 0.3) is 0 Å². The van der Waals surface area contributed by atoms with Crippen molar-refractivity contribution in [2.24, 2.45) is 5.92 Å². The minimum atomic E-state index is -4.22. The first-order chi connectivity index (χ1) is 11.6. The van der Waals surface area contributed by atoms with Gasteiger partial charge < -0.3 is 9.15 Å². The van der Waals surface area contributed by atoms with Gasteiger partial charge in [0.25, 0.3) is 0 Å². The van der Waals surface area contributed by atoms with Crippen molar-refractivity contribution in [2.75, 3.05) is 26.0 Å². The monoisotopic (exact) mass is 383 g/mol. The van der Waals surface area contributed by atoms with Crippen molar-refractivity contribution < 1.29 is 30.7 Å². The Hall–Kier alpha value is -1.20. The second-order valence-corrected chi connectivity index (χ2v) is 8.54. The Kier molecular flexibility index (Phi) is 5.09. The molecule has 3 atom stereocenters. The van der Waals surface area contributed by atoms with Crippen LogP contribution in [0.5, 0.6) is 0 Å². The predicted molar refractivity (Wildman–Crippen MR) is 80.2 cm³/mol. The van der Waals surface area contributed by atoms with Crippen molar-refractivity contribution in [2.45, 2.75) is 43.9 Å². The molecular formula is C14H20F3N3O4S. The van der Waals surface area contributed by atoms with E-state index in [4.69, 9.17) is 9.15 Å².